The zero-order valence-electron chi connectivity index (χ0n) is 9.43. The van der Waals surface area contributed by atoms with Crippen molar-refractivity contribution in [3.63, 3.8) is 0 Å². The standard InChI is InChI=1S/C13H15NO3/c14-13(8-4-1-2-5-9(8)15)12-10(16)6-3-7-11(12)17/h1-2,4-5,12-13,15H,3,6-7,14H2. The normalized spacial score (nSPS) is 19.4. The lowest BCUT2D eigenvalue weighted by molar-refractivity contribution is -0.136. The molecule has 1 aromatic carbocycles. The van der Waals surface area contributed by atoms with Gasteiger partial charge in [0.05, 0.1) is 12.0 Å². The molecule has 1 unspecified atom stereocenters. The number of nitrogens with two attached hydrogens (primary N) is 1. The summed E-state index contributed by atoms with van der Waals surface area (Å²) in [6.45, 7) is 0. The molecule has 3 N–H and O–H groups in total. The summed E-state index contributed by atoms with van der Waals surface area (Å²) >= 11 is 0. The quantitative estimate of drug-likeness (QED) is 0.755. The fourth-order valence-electron chi connectivity index (χ4n) is 2.28. The van der Waals surface area contributed by atoms with E-state index < -0.39 is 12.0 Å². The van der Waals surface area contributed by atoms with E-state index in [9.17, 15) is 14.7 Å². The Bertz CT molecular complexity index is 440. The van der Waals surface area contributed by atoms with Crippen LogP contribution in [0, 0.1) is 5.92 Å². The van der Waals surface area contributed by atoms with Crippen LogP contribution in [0.4, 0.5) is 0 Å². The van der Waals surface area contributed by atoms with Gasteiger partial charge in [0, 0.05) is 18.4 Å². The zero-order valence-corrected chi connectivity index (χ0v) is 9.43. The van der Waals surface area contributed by atoms with Crippen LogP contribution in [0.3, 0.4) is 0 Å². The number of benzene rings is 1. The molecule has 90 valence electrons. The van der Waals surface area contributed by atoms with Gasteiger partial charge >= 0.3 is 0 Å². The second-order valence-electron chi connectivity index (χ2n) is 4.35. The number of carbonyl (C=O) groups is 2. The van der Waals surface area contributed by atoms with Gasteiger partial charge in [-0.2, -0.15) is 0 Å². The summed E-state index contributed by atoms with van der Waals surface area (Å²) in [6.07, 6.45) is 1.41. The number of rotatable bonds is 2. The van der Waals surface area contributed by atoms with E-state index in [-0.39, 0.29) is 17.3 Å². The number of Topliss-reactive ketones (excluding diaryl/α,β-unsaturated/α-hetero) is 2. The molecule has 0 aliphatic heterocycles. The highest BCUT2D eigenvalue weighted by molar-refractivity contribution is 6.05. The van der Waals surface area contributed by atoms with Crippen LogP contribution in [0.2, 0.25) is 0 Å². The Morgan fingerprint density at radius 2 is 1.76 bits per heavy atom. The molecule has 0 heterocycles. The molecule has 1 fully saturated rings. The Morgan fingerprint density at radius 3 is 2.35 bits per heavy atom. The van der Waals surface area contributed by atoms with E-state index in [1.54, 1.807) is 18.2 Å². The zero-order chi connectivity index (χ0) is 12.4. The SMILES string of the molecule is NC(c1ccccc1O)C1C(=O)CCCC1=O. The van der Waals surface area contributed by atoms with Crippen molar-refractivity contribution in [2.45, 2.75) is 25.3 Å². The Labute approximate surface area is 99.4 Å². The molecule has 0 spiro atoms. The van der Waals surface area contributed by atoms with Crippen molar-refractivity contribution in [1.82, 2.24) is 0 Å². The van der Waals surface area contributed by atoms with E-state index in [0.717, 1.165) is 0 Å². The molecule has 1 aromatic rings. The Kier molecular flexibility index (Phi) is 3.24. The maximum Gasteiger partial charge on any atom is 0.145 e. The number of phenols is 1. The predicted molar refractivity (Wildman–Crippen MR) is 62.4 cm³/mol. The number of phenolic OH excluding ortho intramolecular Hbond substituents is 1. The topological polar surface area (TPSA) is 80.4 Å². The van der Waals surface area contributed by atoms with Crippen LogP contribution < -0.4 is 5.73 Å². The molecule has 0 amide bonds. The second-order valence-corrected chi connectivity index (χ2v) is 4.35. The monoisotopic (exact) mass is 233 g/mol. The maximum absolute atomic E-state index is 11.7. The van der Waals surface area contributed by atoms with Crippen LogP contribution in [0.1, 0.15) is 30.9 Å². The van der Waals surface area contributed by atoms with Crippen LogP contribution in [0.15, 0.2) is 24.3 Å². The number of carbonyl (C=O) groups excluding carboxylic acids is 2. The average Bonchev–Trinajstić information content (AvgIpc) is 2.29. The third-order valence-corrected chi connectivity index (χ3v) is 3.20. The fraction of sp³-hybridized carbons (Fsp3) is 0.385. The van der Waals surface area contributed by atoms with E-state index >= 15 is 0 Å². The molecular weight excluding hydrogens is 218 g/mol. The molecule has 1 atom stereocenters. The first-order valence-corrected chi connectivity index (χ1v) is 5.70. The molecule has 0 aromatic heterocycles. The summed E-state index contributed by atoms with van der Waals surface area (Å²) in [6, 6.07) is 5.82. The van der Waals surface area contributed by atoms with Crippen molar-refractivity contribution in [2.75, 3.05) is 0 Å². The largest absolute Gasteiger partial charge is 0.508 e. The van der Waals surface area contributed by atoms with E-state index in [2.05, 4.69) is 0 Å². The van der Waals surface area contributed by atoms with Crippen LogP contribution >= 0.6 is 0 Å². The van der Waals surface area contributed by atoms with Gasteiger partial charge < -0.3 is 10.8 Å². The minimum absolute atomic E-state index is 0.0335. The van der Waals surface area contributed by atoms with Crippen LogP contribution in [0.25, 0.3) is 0 Å². The Hall–Kier alpha value is -1.68. The van der Waals surface area contributed by atoms with E-state index in [4.69, 9.17) is 5.73 Å². The smallest absolute Gasteiger partial charge is 0.145 e. The molecule has 1 aliphatic rings. The molecule has 4 nitrogen and oxygen atoms in total. The van der Waals surface area contributed by atoms with Gasteiger partial charge in [-0.1, -0.05) is 18.2 Å². The molecule has 4 heteroatoms. The summed E-state index contributed by atoms with van der Waals surface area (Å²) in [7, 11) is 0. The Balaban J connectivity index is 2.30. The highest BCUT2D eigenvalue weighted by atomic mass is 16.3. The van der Waals surface area contributed by atoms with Gasteiger partial charge in [0.1, 0.15) is 17.3 Å². The van der Waals surface area contributed by atoms with Gasteiger partial charge in [0.2, 0.25) is 0 Å². The lowest BCUT2D eigenvalue weighted by Crippen LogP contribution is -2.37. The van der Waals surface area contributed by atoms with Gasteiger partial charge in [-0.25, -0.2) is 0 Å². The first kappa shape index (κ1) is 11.8. The Morgan fingerprint density at radius 1 is 1.18 bits per heavy atom. The number of ketones is 2. The number of hydrogen-bond donors (Lipinski definition) is 2. The first-order valence-electron chi connectivity index (χ1n) is 5.70. The minimum Gasteiger partial charge on any atom is -0.508 e. The van der Waals surface area contributed by atoms with E-state index in [1.807, 2.05) is 0 Å². The summed E-state index contributed by atoms with van der Waals surface area (Å²) in [5, 5.41) is 9.68. The predicted octanol–water partition coefficient (Wildman–Crippen LogP) is 1.33. The van der Waals surface area contributed by atoms with Crippen LogP contribution in [-0.4, -0.2) is 16.7 Å². The molecular formula is C13H15NO3. The summed E-state index contributed by atoms with van der Waals surface area (Å²) < 4.78 is 0. The molecule has 1 saturated carbocycles. The minimum atomic E-state index is -0.794. The number of aromatic hydroxyl groups is 1. The van der Waals surface area contributed by atoms with Crippen LogP contribution in [-0.2, 0) is 9.59 Å². The molecule has 2 rings (SSSR count). The van der Waals surface area contributed by atoms with Crippen molar-refractivity contribution in [1.29, 1.82) is 0 Å². The summed E-state index contributed by atoms with van der Waals surface area (Å²) in [4.78, 5) is 23.5. The van der Waals surface area contributed by atoms with Crippen molar-refractivity contribution in [3.8, 4) is 5.75 Å². The average molecular weight is 233 g/mol. The van der Waals surface area contributed by atoms with Gasteiger partial charge in [-0.05, 0) is 12.5 Å². The molecule has 1 aliphatic carbocycles. The molecule has 0 bridgehead atoms. The first-order chi connectivity index (χ1) is 8.11. The van der Waals surface area contributed by atoms with E-state index in [0.29, 0.717) is 24.8 Å². The highest BCUT2D eigenvalue weighted by Gasteiger charge is 2.36. The van der Waals surface area contributed by atoms with Crippen molar-refractivity contribution < 1.29 is 14.7 Å². The van der Waals surface area contributed by atoms with Gasteiger partial charge in [0.15, 0.2) is 0 Å². The summed E-state index contributed by atoms with van der Waals surface area (Å²) in [5.74, 6) is -0.989. The van der Waals surface area contributed by atoms with Crippen molar-refractivity contribution in [2.24, 2.45) is 11.7 Å². The van der Waals surface area contributed by atoms with Gasteiger partial charge in [0.25, 0.3) is 0 Å². The maximum atomic E-state index is 11.7. The highest BCUT2D eigenvalue weighted by Crippen LogP contribution is 2.32. The number of para-hydroxylation sites is 1. The van der Waals surface area contributed by atoms with Gasteiger partial charge in [-0.3, -0.25) is 9.59 Å². The van der Waals surface area contributed by atoms with E-state index in [1.165, 1.54) is 6.07 Å². The molecule has 17 heavy (non-hydrogen) atoms. The van der Waals surface area contributed by atoms with Crippen molar-refractivity contribution in [3.05, 3.63) is 29.8 Å². The third-order valence-electron chi connectivity index (χ3n) is 3.20. The lowest BCUT2D eigenvalue weighted by Gasteiger charge is -2.25. The van der Waals surface area contributed by atoms with Gasteiger partial charge in [-0.15, -0.1) is 0 Å². The number of hydrogen-bond acceptors (Lipinski definition) is 4. The lowest BCUT2D eigenvalue weighted by atomic mass is 9.79. The molecule has 0 radical (unpaired) electrons. The second kappa shape index (κ2) is 4.67. The third kappa shape index (κ3) is 2.22. The molecule has 0 saturated heterocycles. The van der Waals surface area contributed by atoms with Crippen molar-refractivity contribution >= 4 is 11.6 Å². The van der Waals surface area contributed by atoms with Crippen LogP contribution in [0.5, 0.6) is 5.75 Å². The summed E-state index contributed by atoms with van der Waals surface area (Å²) in [5.41, 5.74) is 6.41. The fourth-order valence-corrected chi connectivity index (χ4v) is 2.28.